The van der Waals surface area contributed by atoms with Crippen molar-refractivity contribution in [2.45, 2.75) is 58.3 Å². The van der Waals surface area contributed by atoms with Gasteiger partial charge in [0.25, 0.3) is 0 Å². The van der Waals surface area contributed by atoms with E-state index in [9.17, 15) is 14.4 Å². The lowest BCUT2D eigenvalue weighted by Gasteiger charge is -2.31. The van der Waals surface area contributed by atoms with E-state index in [1.807, 2.05) is 24.1 Å². The number of aryl methyl sites for hydroxylation is 1. The quantitative estimate of drug-likeness (QED) is 0.580. The fraction of sp³-hybridized carbons (Fsp3) is 0.520. The second-order valence-electron chi connectivity index (χ2n) is 9.02. The van der Waals surface area contributed by atoms with Gasteiger partial charge < -0.3 is 9.64 Å². The van der Waals surface area contributed by atoms with E-state index in [2.05, 4.69) is 15.3 Å². The smallest absolute Gasteiger partial charge is 0.233 e. The van der Waals surface area contributed by atoms with Crippen molar-refractivity contribution >= 4 is 23.2 Å². The van der Waals surface area contributed by atoms with Crippen LogP contribution in [0.5, 0.6) is 5.88 Å². The maximum Gasteiger partial charge on any atom is 0.233 e. The number of nitrogens with zero attached hydrogens (tertiary/aromatic N) is 5. The van der Waals surface area contributed by atoms with Crippen LogP contribution in [0.4, 0.5) is 0 Å². The first-order valence-electron chi connectivity index (χ1n) is 11.9. The number of ketones is 2. The van der Waals surface area contributed by atoms with Crippen LogP contribution in [0.1, 0.15) is 77.9 Å². The lowest BCUT2D eigenvalue weighted by atomic mass is 9.90. The first-order valence-corrected chi connectivity index (χ1v) is 11.9. The molecule has 9 heteroatoms. The maximum atomic E-state index is 12.7. The Labute approximate surface area is 199 Å². The number of likely N-dealkylation sites (tertiary alicyclic amines) is 1. The molecule has 0 atom stereocenters. The summed E-state index contributed by atoms with van der Waals surface area (Å²) in [6.07, 6.45) is 7.16. The van der Waals surface area contributed by atoms with Gasteiger partial charge in [0.05, 0.1) is 7.11 Å². The van der Waals surface area contributed by atoms with Crippen molar-refractivity contribution in [3.8, 4) is 5.88 Å². The van der Waals surface area contributed by atoms with Crippen LogP contribution >= 0.6 is 0 Å². The Kier molecular flexibility index (Phi) is 7.49. The van der Waals surface area contributed by atoms with Crippen LogP contribution in [-0.2, 0) is 4.79 Å². The van der Waals surface area contributed by atoms with Crippen LogP contribution in [-0.4, -0.2) is 63.2 Å². The van der Waals surface area contributed by atoms with Gasteiger partial charge in [-0.2, -0.15) is 5.10 Å². The zero-order valence-electron chi connectivity index (χ0n) is 19.8. The molecule has 1 saturated heterocycles. The summed E-state index contributed by atoms with van der Waals surface area (Å²) >= 11 is 0. The molecule has 1 fully saturated rings. The predicted molar refractivity (Wildman–Crippen MR) is 126 cm³/mol. The van der Waals surface area contributed by atoms with Gasteiger partial charge in [0.15, 0.2) is 11.6 Å². The second-order valence-corrected chi connectivity index (χ2v) is 9.02. The average molecular weight is 466 g/mol. The molecule has 0 spiro atoms. The summed E-state index contributed by atoms with van der Waals surface area (Å²) in [6, 6.07) is 5.15. The van der Waals surface area contributed by atoms with Crippen LogP contribution in [0.3, 0.4) is 0 Å². The molecule has 34 heavy (non-hydrogen) atoms. The van der Waals surface area contributed by atoms with E-state index in [-0.39, 0.29) is 23.4 Å². The molecule has 0 saturated carbocycles. The number of rotatable bonds is 7. The number of carbonyl (C=O) groups is 3. The first kappa shape index (κ1) is 23.8. The van der Waals surface area contributed by atoms with E-state index in [4.69, 9.17) is 4.74 Å². The third-order valence-electron chi connectivity index (χ3n) is 6.52. The van der Waals surface area contributed by atoms with Crippen LogP contribution in [0.2, 0.25) is 0 Å². The van der Waals surface area contributed by atoms with E-state index < -0.39 is 0 Å². The zero-order valence-corrected chi connectivity index (χ0v) is 19.8. The van der Waals surface area contributed by atoms with Gasteiger partial charge in [0, 0.05) is 49.8 Å². The third-order valence-corrected chi connectivity index (χ3v) is 6.52. The number of aromatic nitrogens is 3. The predicted octanol–water partition coefficient (Wildman–Crippen LogP) is 3.46. The molecule has 180 valence electrons. The molecule has 9 nitrogen and oxygen atoms in total. The van der Waals surface area contributed by atoms with Crippen LogP contribution < -0.4 is 4.74 Å². The Hall–Kier alpha value is -3.36. The minimum absolute atomic E-state index is 0.0253. The zero-order chi connectivity index (χ0) is 24.1. The van der Waals surface area contributed by atoms with Gasteiger partial charge >= 0.3 is 0 Å². The summed E-state index contributed by atoms with van der Waals surface area (Å²) in [4.78, 5) is 39.6. The second kappa shape index (κ2) is 10.7. The summed E-state index contributed by atoms with van der Waals surface area (Å²) in [6.45, 7) is 3.11. The number of carbonyl (C=O) groups excluding carboxylic acids is 3. The Morgan fingerprint density at radius 3 is 2.65 bits per heavy atom. The fourth-order valence-electron chi connectivity index (χ4n) is 4.59. The molecule has 0 bridgehead atoms. The number of hydrogen-bond acceptors (Lipinski definition) is 7. The van der Waals surface area contributed by atoms with Crippen molar-refractivity contribution < 1.29 is 19.1 Å². The normalized spacial score (nSPS) is 16.9. The van der Waals surface area contributed by atoms with Crippen LogP contribution in [0.25, 0.3) is 0 Å². The number of Topliss-reactive ketones (excluding diaryl/α,β-unsaturated/α-hetero) is 2. The monoisotopic (exact) mass is 465 g/mol. The standard InChI is InChI=1S/C25H31N5O4/c1-17-15-21-22(31)7-3-5-19(28-30(21)16-17)6-4-8-24(32)29-13-11-18(12-14-29)25(33)20-9-10-23(34-2)27-26-20/h9-10,15-16,18H,3-8,11-14H2,1-2H3. The van der Waals surface area contributed by atoms with Crippen LogP contribution in [0, 0.1) is 12.8 Å². The van der Waals surface area contributed by atoms with Gasteiger partial charge in [-0.1, -0.05) is 0 Å². The minimum atomic E-state index is -0.141. The summed E-state index contributed by atoms with van der Waals surface area (Å²) in [5.41, 5.74) is 3.03. The van der Waals surface area contributed by atoms with Crippen molar-refractivity contribution in [1.82, 2.24) is 19.8 Å². The Balaban J connectivity index is 1.25. The number of fused-ring (bicyclic) bond motifs is 1. The molecule has 4 heterocycles. The van der Waals surface area contributed by atoms with Crippen molar-refractivity contribution in [3.63, 3.8) is 0 Å². The van der Waals surface area contributed by atoms with Crippen molar-refractivity contribution in [2.75, 3.05) is 20.2 Å². The Bertz CT molecular complexity index is 1080. The highest BCUT2D eigenvalue weighted by Crippen LogP contribution is 2.23. The number of amides is 1. The number of hydrogen-bond donors (Lipinski definition) is 0. The first-order chi connectivity index (χ1) is 16.4. The molecule has 2 aliphatic heterocycles. The molecular formula is C25H31N5O4. The molecular weight excluding hydrogens is 434 g/mol. The number of piperidine rings is 1. The average Bonchev–Trinajstić information content (AvgIpc) is 3.22. The fourth-order valence-corrected chi connectivity index (χ4v) is 4.59. The highest BCUT2D eigenvalue weighted by atomic mass is 16.5. The van der Waals surface area contributed by atoms with E-state index in [0.717, 1.165) is 37.0 Å². The SMILES string of the molecule is COc1ccc(C(=O)C2CCN(C(=O)CCCC3=Nn4cc(C)cc4C(=O)CCC3)CC2)nn1. The topological polar surface area (TPSA) is 107 Å². The van der Waals surface area contributed by atoms with Crippen molar-refractivity contribution in [3.05, 3.63) is 41.3 Å². The highest BCUT2D eigenvalue weighted by Gasteiger charge is 2.28. The molecule has 2 aromatic heterocycles. The van der Waals surface area contributed by atoms with Gasteiger partial charge in [-0.05, 0) is 63.1 Å². The van der Waals surface area contributed by atoms with E-state index in [0.29, 0.717) is 56.0 Å². The van der Waals surface area contributed by atoms with E-state index in [1.165, 1.54) is 7.11 Å². The van der Waals surface area contributed by atoms with Gasteiger partial charge in [-0.25, -0.2) is 4.68 Å². The van der Waals surface area contributed by atoms with Gasteiger partial charge in [-0.3, -0.25) is 14.4 Å². The molecule has 4 rings (SSSR count). The molecule has 0 radical (unpaired) electrons. The minimum Gasteiger partial charge on any atom is -0.480 e. The number of ether oxygens (including phenoxy) is 1. The van der Waals surface area contributed by atoms with Gasteiger partial charge in [0.1, 0.15) is 11.4 Å². The molecule has 2 aliphatic rings. The van der Waals surface area contributed by atoms with E-state index >= 15 is 0 Å². The lowest BCUT2D eigenvalue weighted by molar-refractivity contribution is -0.132. The molecule has 1 amide bonds. The molecule has 0 aromatic carbocycles. The van der Waals surface area contributed by atoms with E-state index in [1.54, 1.807) is 16.8 Å². The Morgan fingerprint density at radius 2 is 1.94 bits per heavy atom. The lowest BCUT2D eigenvalue weighted by Crippen LogP contribution is -2.40. The maximum absolute atomic E-state index is 12.7. The van der Waals surface area contributed by atoms with Crippen LogP contribution in [0.15, 0.2) is 29.5 Å². The summed E-state index contributed by atoms with van der Waals surface area (Å²) < 4.78 is 6.68. The summed E-state index contributed by atoms with van der Waals surface area (Å²) in [5, 5.41) is 12.5. The van der Waals surface area contributed by atoms with Gasteiger partial charge in [0.2, 0.25) is 11.8 Å². The molecule has 0 aliphatic carbocycles. The summed E-state index contributed by atoms with van der Waals surface area (Å²) in [5.74, 6) is 0.460. The molecule has 2 aromatic rings. The van der Waals surface area contributed by atoms with Crippen molar-refractivity contribution in [1.29, 1.82) is 0 Å². The largest absolute Gasteiger partial charge is 0.480 e. The summed E-state index contributed by atoms with van der Waals surface area (Å²) in [7, 11) is 1.50. The third kappa shape index (κ3) is 5.58. The van der Waals surface area contributed by atoms with Crippen molar-refractivity contribution in [2.24, 2.45) is 11.0 Å². The van der Waals surface area contributed by atoms with Gasteiger partial charge in [-0.15, -0.1) is 10.2 Å². The Morgan fingerprint density at radius 1 is 1.15 bits per heavy atom. The molecule has 0 unspecified atom stereocenters. The highest BCUT2D eigenvalue weighted by molar-refractivity contribution is 5.97. The molecule has 0 N–H and O–H groups in total. The number of methoxy groups -OCH3 is 1.